The maximum atomic E-state index is 4.32. The summed E-state index contributed by atoms with van der Waals surface area (Å²) < 4.78 is 2.24. The normalized spacial score (nSPS) is 11.2. The number of nitrogens with zero attached hydrogens (tertiary/aromatic N) is 3. The van der Waals surface area contributed by atoms with Gasteiger partial charge in [-0.25, -0.2) is 0 Å². The molecule has 0 saturated carbocycles. The molecule has 0 aliphatic heterocycles. The highest BCUT2D eigenvalue weighted by atomic mass is 79.9. The quantitative estimate of drug-likeness (QED) is 0.755. The molecule has 2 aromatic rings. The van der Waals surface area contributed by atoms with Crippen LogP contribution < -0.4 is 0 Å². The van der Waals surface area contributed by atoms with E-state index in [4.69, 9.17) is 0 Å². The van der Waals surface area contributed by atoms with E-state index in [0.29, 0.717) is 6.04 Å². The lowest BCUT2D eigenvalue weighted by atomic mass is 10.1. The largest absolute Gasteiger partial charge is 0.312 e. The summed E-state index contributed by atoms with van der Waals surface area (Å²) in [5.74, 6) is 2.12. The van der Waals surface area contributed by atoms with Gasteiger partial charge in [0.2, 0.25) is 0 Å². The van der Waals surface area contributed by atoms with Crippen LogP contribution in [0.15, 0.2) is 30.3 Å². The molecular formula is C15H20BrN3. The minimum absolute atomic E-state index is 0.411. The van der Waals surface area contributed by atoms with Crippen LogP contribution in [0.3, 0.4) is 0 Å². The van der Waals surface area contributed by atoms with Crippen LogP contribution >= 0.6 is 15.9 Å². The summed E-state index contributed by atoms with van der Waals surface area (Å²) in [7, 11) is 0. The van der Waals surface area contributed by atoms with E-state index in [9.17, 15) is 0 Å². The minimum Gasteiger partial charge on any atom is -0.312 e. The van der Waals surface area contributed by atoms with Crippen molar-refractivity contribution in [1.29, 1.82) is 0 Å². The molecule has 0 aliphatic carbocycles. The lowest BCUT2D eigenvalue weighted by molar-refractivity contribution is 0.546. The molecule has 0 saturated heterocycles. The monoisotopic (exact) mass is 321 g/mol. The van der Waals surface area contributed by atoms with Crippen molar-refractivity contribution < 1.29 is 0 Å². The average molecular weight is 322 g/mol. The van der Waals surface area contributed by atoms with Gasteiger partial charge in [-0.3, -0.25) is 0 Å². The zero-order valence-electron chi connectivity index (χ0n) is 11.5. The van der Waals surface area contributed by atoms with Gasteiger partial charge in [-0.05, 0) is 32.3 Å². The number of rotatable bonds is 6. The molecule has 0 bridgehead atoms. The Hall–Kier alpha value is -1.16. The van der Waals surface area contributed by atoms with E-state index in [1.54, 1.807) is 0 Å². The second-order valence-corrected chi connectivity index (χ2v) is 5.53. The van der Waals surface area contributed by atoms with Gasteiger partial charge in [-0.15, -0.1) is 10.2 Å². The number of hydrogen-bond donors (Lipinski definition) is 0. The molecule has 2 rings (SSSR count). The van der Waals surface area contributed by atoms with Crippen molar-refractivity contribution in [2.75, 3.05) is 0 Å². The first-order valence-electron chi connectivity index (χ1n) is 6.75. The minimum atomic E-state index is 0.411. The number of aryl methyl sites for hydroxylation is 2. The van der Waals surface area contributed by atoms with Gasteiger partial charge < -0.3 is 4.57 Å². The Balaban J connectivity index is 1.98. The standard InChI is InChI=1S/C15H20BrN3/c1-12(2)19-14(17-18-15(19)11-16)10-6-9-13-7-4-3-5-8-13/h3-5,7-8,12H,6,9-11H2,1-2H3. The first kappa shape index (κ1) is 14.3. The van der Waals surface area contributed by atoms with E-state index >= 15 is 0 Å². The Labute approximate surface area is 123 Å². The van der Waals surface area contributed by atoms with Crippen molar-refractivity contribution in [2.24, 2.45) is 0 Å². The Morgan fingerprint density at radius 1 is 1.05 bits per heavy atom. The summed E-state index contributed by atoms with van der Waals surface area (Å²) in [6.07, 6.45) is 3.18. The Morgan fingerprint density at radius 2 is 1.74 bits per heavy atom. The Morgan fingerprint density at radius 3 is 2.37 bits per heavy atom. The second-order valence-electron chi connectivity index (χ2n) is 4.97. The van der Waals surface area contributed by atoms with Crippen molar-refractivity contribution in [3.05, 3.63) is 47.5 Å². The van der Waals surface area contributed by atoms with Crippen LogP contribution in [-0.2, 0) is 18.2 Å². The van der Waals surface area contributed by atoms with Gasteiger partial charge in [0, 0.05) is 12.5 Å². The van der Waals surface area contributed by atoms with Crippen molar-refractivity contribution in [2.45, 2.75) is 44.5 Å². The maximum absolute atomic E-state index is 4.32. The highest BCUT2D eigenvalue weighted by molar-refractivity contribution is 9.08. The van der Waals surface area contributed by atoms with E-state index in [-0.39, 0.29) is 0 Å². The first-order chi connectivity index (χ1) is 9.22. The van der Waals surface area contributed by atoms with Crippen LogP contribution in [0.2, 0.25) is 0 Å². The summed E-state index contributed by atoms with van der Waals surface area (Å²) >= 11 is 3.47. The van der Waals surface area contributed by atoms with Gasteiger partial charge in [0.25, 0.3) is 0 Å². The van der Waals surface area contributed by atoms with Gasteiger partial charge in [-0.1, -0.05) is 46.3 Å². The van der Waals surface area contributed by atoms with Gasteiger partial charge in [0.1, 0.15) is 11.6 Å². The molecule has 0 aliphatic rings. The molecule has 1 aromatic heterocycles. The summed E-state index contributed by atoms with van der Waals surface area (Å²) in [4.78, 5) is 0. The predicted molar refractivity (Wildman–Crippen MR) is 81.5 cm³/mol. The topological polar surface area (TPSA) is 30.7 Å². The lowest BCUT2D eigenvalue weighted by Crippen LogP contribution is -2.09. The van der Waals surface area contributed by atoms with Crippen LogP contribution in [0.25, 0.3) is 0 Å². The second kappa shape index (κ2) is 6.85. The zero-order valence-corrected chi connectivity index (χ0v) is 13.1. The highest BCUT2D eigenvalue weighted by Crippen LogP contribution is 2.16. The SMILES string of the molecule is CC(C)n1c(CBr)nnc1CCCc1ccccc1. The van der Waals surface area contributed by atoms with Crippen molar-refractivity contribution >= 4 is 15.9 Å². The van der Waals surface area contributed by atoms with Gasteiger partial charge in [0.05, 0.1) is 5.33 Å². The summed E-state index contributed by atoms with van der Waals surface area (Å²) in [5.41, 5.74) is 1.39. The molecule has 0 radical (unpaired) electrons. The molecular weight excluding hydrogens is 302 g/mol. The number of hydrogen-bond acceptors (Lipinski definition) is 2. The van der Waals surface area contributed by atoms with E-state index in [1.165, 1.54) is 5.56 Å². The maximum Gasteiger partial charge on any atom is 0.143 e. The van der Waals surface area contributed by atoms with Gasteiger partial charge in [-0.2, -0.15) is 0 Å². The fourth-order valence-electron chi connectivity index (χ4n) is 2.31. The molecule has 3 nitrogen and oxygen atoms in total. The van der Waals surface area contributed by atoms with Gasteiger partial charge in [0.15, 0.2) is 0 Å². The fourth-order valence-corrected chi connectivity index (χ4v) is 2.70. The molecule has 0 spiro atoms. The summed E-state index contributed by atoms with van der Waals surface area (Å²) in [5, 5.41) is 9.33. The third-order valence-corrected chi connectivity index (χ3v) is 3.68. The van der Waals surface area contributed by atoms with Crippen molar-refractivity contribution in [3.8, 4) is 0 Å². The van der Waals surface area contributed by atoms with E-state index in [0.717, 1.165) is 36.2 Å². The molecule has 0 amide bonds. The number of aromatic nitrogens is 3. The zero-order chi connectivity index (χ0) is 13.7. The van der Waals surface area contributed by atoms with Gasteiger partial charge >= 0.3 is 0 Å². The van der Waals surface area contributed by atoms with E-state index in [2.05, 4.69) is 74.9 Å². The first-order valence-corrected chi connectivity index (χ1v) is 7.87. The number of alkyl halides is 1. The van der Waals surface area contributed by atoms with Crippen molar-refractivity contribution in [3.63, 3.8) is 0 Å². The van der Waals surface area contributed by atoms with Crippen LogP contribution in [0.4, 0.5) is 0 Å². The average Bonchev–Trinajstić information content (AvgIpc) is 2.83. The fraction of sp³-hybridized carbons (Fsp3) is 0.467. The lowest BCUT2D eigenvalue weighted by Gasteiger charge is -2.12. The van der Waals surface area contributed by atoms with Crippen LogP contribution in [0.5, 0.6) is 0 Å². The van der Waals surface area contributed by atoms with Crippen LogP contribution in [0.1, 0.15) is 43.5 Å². The number of benzene rings is 1. The van der Waals surface area contributed by atoms with E-state index < -0.39 is 0 Å². The molecule has 0 unspecified atom stereocenters. The van der Waals surface area contributed by atoms with Crippen LogP contribution in [-0.4, -0.2) is 14.8 Å². The molecule has 4 heteroatoms. The molecule has 1 aromatic carbocycles. The molecule has 1 heterocycles. The smallest absolute Gasteiger partial charge is 0.143 e. The highest BCUT2D eigenvalue weighted by Gasteiger charge is 2.13. The van der Waals surface area contributed by atoms with Crippen LogP contribution in [0, 0.1) is 0 Å². The molecule has 0 N–H and O–H groups in total. The van der Waals surface area contributed by atoms with Crippen molar-refractivity contribution in [1.82, 2.24) is 14.8 Å². The summed E-state index contributed by atoms with van der Waals surface area (Å²) in [6.45, 7) is 4.35. The third kappa shape index (κ3) is 3.66. The summed E-state index contributed by atoms with van der Waals surface area (Å²) in [6, 6.07) is 11.0. The molecule has 19 heavy (non-hydrogen) atoms. The Kier molecular flexibility index (Phi) is 5.14. The molecule has 102 valence electrons. The molecule has 0 atom stereocenters. The third-order valence-electron chi connectivity index (χ3n) is 3.18. The van der Waals surface area contributed by atoms with E-state index in [1.807, 2.05) is 0 Å². The predicted octanol–water partition coefficient (Wildman–Crippen LogP) is 3.93. The number of halogens is 1. The Bertz CT molecular complexity index is 505. The molecule has 0 fully saturated rings.